The van der Waals surface area contributed by atoms with Crippen LogP contribution in [0.25, 0.3) is 0 Å². The van der Waals surface area contributed by atoms with E-state index in [0.717, 1.165) is 35.5 Å². The predicted molar refractivity (Wildman–Crippen MR) is 177 cm³/mol. The zero-order valence-corrected chi connectivity index (χ0v) is 27.5. The second-order valence-electron chi connectivity index (χ2n) is 12.5. The Labute approximate surface area is 243 Å². The first kappa shape index (κ1) is 34.7. The molecule has 3 aromatic carbocycles. The van der Waals surface area contributed by atoms with Gasteiger partial charge in [0, 0.05) is 0 Å². The Bertz CT molecular complexity index is 918. The van der Waals surface area contributed by atoms with Gasteiger partial charge in [-0.15, -0.1) is 0 Å². The van der Waals surface area contributed by atoms with E-state index in [1.54, 1.807) is 0 Å². The molecule has 0 nitrogen and oxygen atoms in total. The second kappa shape index (κ2) is 18.1. The Balaban J connectivity index is 0.000000292. The highest BCUT2D eigenvalue weighted by molar-refractivity contribution is 5.27. The fraction of sp³-hybridized carbons (Fsp3) is 0.538. The Morgan fingerprint density at radius 1 is 0.410 bits per heavy atom. The molecule has 0 aliphatic carbocycles. The summed E-state index contributed by atoms with van der Waals surface area (Å²) in [5.41, 5.74) is 8.61. The number of hydrogen-bond donors (Lipinski definition) is 0. The van der Waals surface area contributed by atoms with Crippen molar-refractivity contribution in [2.75, 3.05) is 0 Å². The Kier molecular flexibility index (Phi) is 16.1. The lowest BCUT2D eigenvalue weighted by molar-refractivity contribution is 0.485. The largest absolute Gasteiger partial charge is 0.0648 e. The standard InChI is InChI=1S/3C13H20/c3*1-5-13(10(2)3)12-8-6-7-11(4)9-12/h3*6-10,13H,5H2,1-4H3. The van der Waals surface area contributed by atoms with Gasteiger partial charge >= 0.3 is 0 Å². The van der Waals surface area contributed by atoms with Gasteiger partial charge in [0.1, 0.15) is 0 Å². The van der Waals surface area contributed by atoms with E-state index in [4.69, 9.17) is 0 Å². The Morgan fingerprint density at radius 3 is 0.795 bits per heavy atom. The first-order valence-corrected chi connectivity index (χ1v) is 15.6. The summed E-state index contributed by atoms with van der Waals surface area (Å²) in [4.78, 5) is 0. The number of benzene rings is 3. The van der Waals surface area contributed by atoms with E-state index in [-0.39, 0.29) is 0 Å². The molecule has 0 saturated heterocycles. The van der Waals surface area contributed by atoms with Crippen molar-refractivity contribution in [3.63, 3.8) is 0 Å². The van der Waals surface area contributed by atoms with Crippen molar-refractivity contribution in [2.24, 2.45) is 17.8 Å². The van der Waals surface area contributed by atoms with E-state index in [1.165, 1.54) is 52.6 Å². The fourth-order valence-electron chi connectivity index (χ4n) is 5.98. The molecule has 0 aliphatic rings. The molecule has 0 spiro atoms. The minimum Gasteiger partial charge on any atom is -0.0648 e. The van der Waals surface area contributed by atoms with Crippen molar-refractivity contribution >= 4 is 0 Å². The lowest BCUT2D eigenvalue weighted by Crippen LogP contribution is -2.05. The van der Waals surface area contributed by atoms with Crippen LogP contribution in [0.4, 0.5) is 0 Å². The van der Waals surface area contributed by atoms with Gasteiger partial charge in [-0.1, -0.05) is 152 Å². The molecule has 3 rings (SSSR count). The van der Waals surface area contributed by atoms with Gasteiger partial charge in [0.15, 0.2) is 0 Å². The van der Waals surface area contributed by atoms with Crippen LogP contribution >= 0.6 is 0 Å². The average molecular weight is 529 g/mol. The molecule has 0 heteroatoms. The quantitative estimate of drug-likeness (QED) is 0.259. The van der Waals surface area contributed by atoms with Crippen molar-refractivity contribution in [3.05, 3.63) is 106 Å². The van der Waals surface area contributed by atoms with E-state index in [1.807, 2.05) is 0 Å². The molecule has 0 bridgehead atoms. The van der Waals surface area contributed by atoms with Crippen LogP contribution < -0.4 is 0 Å². The van der Waals surface area contributed by atoms with Gasteiger partial charge in [-0.2, -0.15) is 0 Å². The van der Waals surface area contributed by atoms with Crippen molar-refractivity contribution in [2.45, 2.75) is 120 Å². The molecule has 39 heavy (non-hydrogen) atoms. The SMILES string of the molecule is CCC(c1cccc(C)c1)C(C)C.CCC(c1cccc(C)c1)C(C)C.CCC(c1cccc(C)c1)C(C)C. The third-order valence-corrected chi connectivity index (χ3v) is 8.14. The van der Waals surface area contributed by atoms with Gasteiger partial charge in [0.2, 0.25) is 0 Å². The van der Waals surface area contributed by atoms with Crippen LogP contribution in [0.2, 0.25) is 0 Å². The van der Waals surface area contributed by atoms with Crippen molar-refractivity contribution in [1.82, 2.24) is 0 Å². The monoisotopic (exact) mass is 528 g/mol. The molecule has 216 valence electrons. The number of rotatable bonds is 9. The highest BCUT2D eigenvalue weighted by Crippen LogP contribution is 2.29. The lowest BCUT2D eigenvalue weighted by Gasteiger charge is -2.19. The van der Waals surface area contributed by atoms with Crippen LogP contribution in [0.1, 0.15) is 133 Å². The normalized spacial score (nSPS) is 13.3. The molecular weight excluding hydrogens is 468 g/mol. The predicted octanol–water partition coefficient (Wildman–Crippen LogP) is 12.4. The maximum Gasteiger partial charge on any atom is -0.0141 e. The summed E-state index contributed by atoms with van der Waals surface area (Å²) >= 11 is 0. The fourth-order valence-corrected chi connectivity index (χ4v) is 5.98. The molecule has 0 heterocycles. The maximum atomic E-state index is 2.31. The van der Waals surface area contributed by atoms with Gasteiger partial charge in [-0.3, -0.25) is 0 Å². The molecular formula is C39H60. The van der Waals surface area contributed by atoms with Crippen molar-refractivity contribution in [1.29, 1.82) is 0 Å². The van der Waals surface area contributed by atoms with E-state index in [0.29, 0.717) is 0 Å². The topological polar surface area (TPSA) is 0 Å². The van der Waals surface area contributed by atoms with E-state index in [9.17, 15) is 0 Å². The minimum atomic E-state index is 0.722. The average Bonchev–Trinajstić information content (AvgIpc) is 2.86. The molecule has 0 amide bonds. The Morgan fingerprint density at radius 2 is 0.641 bits per heavy atom. The Hall–Kier alpha value is -2.34. The van der Waals surface area contributed by atoms with Crippen LogP contribution in [0.5, 0.6) is 0 Å². The molecule has 3 aromatic rings. The van der Waals surface area contributed by atoms with Gasteiger partial charge in [-0.25, -0.2) is 0 Å². The van der Waals surface area contributed by atoms with E-state index >= 15 is 0 Å². The highest BCUT2D eigenvalue weighted by atomic mass is 14.2. The van der Waals surface area contributed by atoms with Gasteiger partial charge in [0.25, 0.3) is 0 Å². The first-order chi connectivity index (χ1) is 18.4. The van der Waals surface area contributed by atoms with Crippen LogP contribution in [0.3, 0.4) is 0 Å². The molecule has 0 radical (unpaired) electrons. The molecule has 0 aromatic heterocycles. The minimum absolute atomic E-state index is 0.722. The summed E-state index contributed by atoms with van der Waals surface area (Å²) in [5.74, 6) is 4.39. The third kappa shape index (κ3) is 12.2. The number of aryl methyl sites for hydroxylation is 3. The molecule has 0 saturated carbocycles. The molecule has 3 unspecified atom stereocenters. The van der Waals surface area contributed by atoms with E-state index < -0.39 is 0 Å². The van der Waals surface area contributed by atoms with Gasteiger partial charge < -0.3 is 0 Å². The summed E-state index contributed by atoms with van der Waals surface area (Å²) in [7, 11) is 0. The smallest absolute Gasteiger partial charge is 0.0141 e. The summed E-state index contributed by atoms with van der Waals surface area (Å²) in [6.45, 7) is 27.1. The van der Waals surface area contributed by atoms with Gasteiger partial charge in [0.05, 0.1) is 0 Å². The summed E-state index contributed by atoms with van der Waals surface area (Å²) in [6.07, 6.45) is 3.71. The highest BCUT2D eigenvalue weighted by Gasteiger charge is 2.14. The van der Waals surface area contributed by atoms with Crippen LogP contribution in [-0.4, -0.2) is 0 Å². The van der Waals surface area contributed by atoms with Crippen molar-refractivity contribution < 1.29 is 0 Å². The maximum absolute atomic E-state index is 2.31. The molecule has 3 atom stereocenters. The van der Waals surface area contributed by atoms with E-state index in [2.05, 4.69) is 156 Å². The summed E-state index contributed by atoms with van der Waals surface area (Å²) < 4.78 is 0. The summed E-state index contributed by atoms with van der Waals surface area (Å²) in [6, 6.07) is 26.7. The zero-order valence-electron chi connectivity index (χ0n) is 27.5. The second-order valence-corrected chi connectivity index (χ2v) is 12.5. The van der Waals surface area contributed by atoms with Crippen LogP contribution in [0.15, 0.2) is 72.8 Å². The molecule has 0 fully saturated rings. The zero-order chi connectivity index (χ0) is 29.5. The van der Waals surface area contributed by atoms with Gasteiger partial charge in [-0.05, 0) is 92.2 Å². The van der Waals surface area contributed by atoms with Crippen molar-refractivity contribution in [3.8, 4) is 0 Å². The van der Waals surface area contributed by atoms with Crippen LogP contribution in [0, 0.1) is 38.5 Å². The molecule has 0 aliphatic heterocycles. The molecule has 0 N–H and O–H groups in total. The third-order valence-electron chi connectivity index (χ3n) is 8.14. The number of hydrogen-bond acceptors (Lipinski definition) is 0. The first-order valence-electron chi connectivity index (χ1n) is 15.6. The summed E-state index contributed by atoms with van der Waals surface area (Å²) in [5, 5.41) is 0. The lowest BCUT2D eigenvalue weighted by atomic mass is 9.86. The van der Waals surface area contributed by atoms with Crippen LogP contribution in [-0.2, 0) is 0 Å².